The molecule has 2 aromatic rings. The van der Waals surface area contributed by atoms with Gasteiger partial charge in [-0.2, -0.15) is 0 Å². The number of anilines is 2. The molecular weight excluding hydrogens is 318 g/mol. The van der Waals surface area contributed by atoms with Gasteiger partial charge in [-0.1, -0.05) is 6.07 Å². The molecular formula is C19H25N3O3. The minimum atomic E-state index is 0.0838. The van der Waals surface area contributed by atoms with Crippen LogP contribution in [0.1, 0.15) is 6.92 Å². The molecule has 6 nitrogen and oxygen atoms in total. The number of nitrogens with zero attached hydrogens (tertiary/aromatic N) is 1. The lowest BCUT2D eigenvalue weighted by Gasteiger charge is -2.29. The van der Waals surface area contributed by atoms with Crippen LogP contribution in [0.3, 0.4) is 0 Å². The molecule has 134 valence electrons. The molecule has 0 radical (unpaired) electrons. The first-order valence-electron chi connectivity index (χ1n) is 8.50. The van der Waals surface area contributed by atoms with Crippen LogP contribution in [-0.4, -0.2) is 43.9 Å². The maximum absolute atomic E-state index is 6.03. The molecule has 0 bridgehead atoms. The Hall–Kier alpha value is -2.44. The van der Waals surface area contributed by atoms with Crippen molar-refractivity contribution < 1.29 is 14.2 Å². The van der Waals surface area contributed by atoms with E-state index in [1.807, 2.05) is 24.3 Å². The van der Waals surface area contributed by atoms with E-state index in [1.54, 1.807) is 18.2 Å². The predicted molar refractivity (Wildman–Crippen MR) is 99.1 cm³/mol. The quantitative estimate of drug-likeness (QED) is 0.785. The molecule has 3 rings (SSSR count). The Morgan fingerprint density at radius 2 is 1.72 bits per heavy atom. The van der Waals surface area contributed by atoms with Crippen LogP contribution in [0, 0.1) is 0 Å². The molecule has 1 aliphatic heterocycles. The maximum Gasteiger partial charge on any atom is 0.131 e. The smallest absolute Gasteiger partial charge is 0.131 e. The van der Waals surface area contributed by atoms with Crippen LogP contribution in [0.4, 0.5) is 11.4 Å². The number of hydrogen-bond donors (Lipinski definition) is 2. The highest BCUT2D eigenvalue weighted by Gasteiger charge is 2.15. The molecule has 6 heteroatoms. The average Bonchev–Trinajstić information content (AvgIpc) is 2.59. The second-order valence-electron chi connectivity index (χ2n) is 6.21. The molecule has 0 aliphatic carbocycles. The summed E-state index contributed by atoms with van der Waals surface area (Å²) in [6.07, 6.45) is 0.0838. The highest BCUT2D eigenvalue weighted by Crippen LogP contribution is 2.28. The summed E-state index contributed by atoms with van der Waals surface area (Å²) >= 11 is 0. The molecule has 0 amide bonds. The van der Waals surface area contributed by atoms with Crippen molar-refractivity contribution in [3.8, 4) is 17.2 Å². The van der Waals surface area contributed by atoms with E-state index in [1.165, 1.54) is 0 Å². The zero-order valence-corrected chi connectivity index (χ0v) is 14.5. The van der Waals surface area contributed by atoms with E-state index in [4.69, 9.17) is 25.7 Å². The number of benzene rings is 2. The number of ether oxygens (including phenoxy) is 3. The zero-order chi connectivity index (χ0) is 17.6. The van der Waals surface area contributed by atoms with Gasteiger partial charge in [0.25, 0.3) is 0 Å². The van der Waals surface area contributed by atoms with Crippen LogP contribution in [0.15, 0.2) is 42.5 Å². The second kappa shape index (κ2) is 8.09. The van der Waals surface area contributed by atoms with Gasteiger partial charge in [-0.15, -0.1) is 0 Å². The fourth-order valence-electron chi connectivity index (χ4n) is 2.78. The summed E-state index contributed by atoms with van der Waals surface area (Å²) in [4.78, 5) is 2.35. The van der Waals surface area contributed by atoms with E-state index in [0.717, 1.165) is 38.6 Å². The summed E-state index contributed by atoms with van der Waals surface area (Å²) in [6.45, 7) is 6.44. The van der Waals surface area contributed by atoms with Gasteiger partial charge < -0.3 is 25.7 Å². The fourth-order valence-corrected chi connectivity index (χ4v) is 2.78. The van der Waals surface area contributed by atoms with Crippen molar-refractivity contribution in [2.24, 2.45) is 0 Å². The normalized spacial score (nSPS) is 16.4. The van der Waals surface area contributed by atoms with Crippen LogP contribution in [-0.2, 0) is 4.74 Å². The van der Waals surface area contributed by atoms with E-state index in [-0.39, 0.29) is 6.10 Å². The van der Waals surface area contributed by atoms with Crippen molar-refractivity contribution in [3.05, 3.63) is 42.5 Å². The number of nitrogen functional groups attached to an aromatic ring is 2. The van der Waals surface area contributed by atoms with Gasteiger partial charge in [0.05, 0.1) is 24.6 Å². The summed E-state index contributed by atoms with van der Waals surface area (Å²) in [5, 5.41) is 0. The molecule has 1 atom stereocenters. The Morgan fingerprint density at radius 1 is 1.00 bits per heavy atom. The van der Waals surface area contributed by atoms with Crippen LogP contribution >= 0.6 is 0 Å². The number of rotatable bonds is 6. The first kappa shape index (κ1) is 17.4. The minimum absolute atomic E-state index is 0.0838. The lowest BCUT2D eigenvalue weighted by molar-refractivity contribution is 0.0218. The van der Waals surface area contributed by atoms with Gasteiger partial charge >= 0.3 is 0 Å². The largest absolute Gasteiger partial charge is 0.489 e. The molecule has 1 saturated heterocycles. The van der Waals surface area contributed by atoms with Crippen LogP contribution < -0.4 is 20.9 Å². The zero-order valence-electron chi connectivity index (χ0n) is 14.5. The van der Waals surface area contributed by atoms with Gasteiger partial charge in [-0.05, 0) is 31.2 Å². The standard InChI is InChI=1S/C19H25N3O3/c1-14(13-22-7-9-23-10-8-22)24-15-3-2-4-16(11-15)25-17-5-6-18(20)19(21)12-17/h2-6,11-12,14H,7-10,13,20-21H2,1H3. The van der Waals surface area contributed by atoms with Crippen molar-refractivity contribution in [3.63, 3.8) is 0 Å². The van der Waals surface area contributed by atoms with Gasteiger partial charge in [-0.25, -0.2) is 0 Å². The summed E-state index contributed by atoms with van der Waals surface area (Å²) in [5.41, 5.74) is 12.6. The van der Waals surface area contributed by atoms with E-state index in [0.29, 0.717) is 22.9 Å². The Bertz CT molecular complexity index is 702. The van der Waals surface area contributed by atoms with Gasteiger partial charge in [0.1, 0.15) is 23.4 Å². The number of morpholine rings is 1. The molecule has 2 aromatic carbocycles. The van der Waals surface area contributed by atoms with Gasteiger partial charge in [0.2, 0.25) is 0 Å². The van der Waals surface area contributed by atoms with E-state index in [2.05, 4.69) is 11.8 Å². The lowest BCUT2D eigenvalue weighted by Crippen LogP contribution is -2.41. The third-order valence-corrected chi connectivity index (χ3v) is 4.06. The van der Waals surface area contributed by atoms with Crippen LogP contribution in [0.25, 0.3) is 0 Å². The average molecular weight is 343 g/mol. The van der Waals surface area contributed by atoms with Crippen molar-refractivity contribution >= 4 is 11.4 Å². The molecule has 0 spiro atoms. The van der Waals surface area contributed by atoms with Crippen molar-refractivity contribution in [1.29, 1.82) is 0 Å². The van der Waals surface area contributed by atoms with Crippen molar-refractivity contribution in [1.82, 2.24) is 4.90 Å². The van der Waals surface area contributed by atoms with Gasteiger partial charge in [-0.3, -0.25) is 4.90 Å². The summed E-state index contributed by atoms with van der Waals surface area (Å²) in [7, 11) is 0. The fraction of sp³-hybridized carbons (Fsp3) is 0.368. The minimum Gasteiger partial charge on any atom is -0.489 e. The molecule has 0 saturated carbocycles. The number of hydrogen-bond acceptors (Lipinski definition) is 6. The van der Waals surface area contributed by atoms with Crippen LogP contribution in [0.2, 0.25) is 0 Å². The second-order valence-corrected chi connectivity index (χ2v) is 6.21. The first-order chi connectivity index (χ1) is 12.1. The van der Waals surface area contributed by atoms with Crippen molar-refractivity contribution in [2.75, 3.05) is 44.3 Å². The monoisotopic (exact) mass is 343 g/mol. The summed E-state index contributed by atoms with van der Waals surface area (Å²) in [6, 6.07) is 12.8. The lowest BCUT2D eigenvalue weighted by atomic mass is 10.2. The Balaban J connectivity index is 1.59. The number of nitrogens with two attached hydrogens (primary N) is 2. The Labute approximate surface area is 148 Å². The molecule has 25 heavy (non-hydrogen) atoms. The maximum atomic E-state index is 6.03. The highest BCUT2D eigenvalue weighted by molar-refractivity contribution is 5.65. The third-order valence-electron chi connectivity index (χ3n) is 4.06. The third kappa shape index (κ3) is 5.01. The summed E-state index contributed by atoms with van der Waals surface area (Å²) < 4.78 is 17.2. The van der Waals surface area contributed by atoms with Crippen molar-refractivity contribution in [2.45, 2.75) is 13.0 Å². The van der Waals surface area contributed by atoms with Crippen LogP contribution in [0.5, 0.6) is 17.2 Å². The first-order valence-corrected chi connectivity index (χ1v) is 8.50. The molecule has 1 heterocycles. The summed E-state index contributed by atoms with van der Waals surface area (Å²) in [5.74, 6) is 2.12. The van der Waals surface area contributed by atoms with E-state index < -0.39 is 0 Å². The Kier molecular flexibility index (Phi) is 5.63. The van der Waals surface area contributed by atoms with Gasteiger partial charge in [0, 0.05) is 31.8 Å². The molecule has 0 aromatic heterocycles. The van der Waals surface area contributed by atoms with E-state index in [9.17, 15) is 0 Å². The molecule has 1 aliphatic rings. The highest BCUT2D eigenvalue weighted by atomic mass is 16.5. The molecule has 1 unspecified atom stereocenters. The topological polar surface area (TPSA) is 83.0 Å². The SMILES string of the molecule is CC(CN1CCOCC1)Oc1cccc(Oc2ccc(N)c(N)c2)c1. The molecule has 1 fully saturated rings. The molecule has 4 N–H and O–H groups in total. The van der Waals surface area contributed by atoms with E-state index >= 15 is 0 Å². The Morgan fingerprint density at radius 3 is 2.48 bits per heavy atom. The predicted octanol–water partition coefficient (Wildman–Crippen LogP) is 2.74. The van der Waals surface area contributed by atoms with Gasteiger partial charge in [0.15, 0.2) is 0 Å².